The predicted octanol–water partition coefficient (Wildman–Crippen LogP) is 2.13. The van der Waals surface area contributed by atoms with E-state index in [1.165, 1.54) is 0 Å². The maximum atomic E-state index is 11.9. The average Bonchev–Trinajstić information content (AvgIpc) is 2.63. The summed E-state index contributed by atoms with van der Waals surface area (Å²) < 4.78 is 25.4. The van der Waals surface area contributed by atoms with Crippen molar-refractivity contribution in [2.75, 3.05) is 23.9 Å². The normalized spacial score (nSPS) is 12.1. The number of sulfone groups is 1. The largest absolute Gasteiger partial charge is 0.383 e. The lowest BCUT2D eigenvalue weighted by Crippen LogP contribution is -2.09. The van der Waals surface area contributed by atoms with E-state index in [0.29, 0.717) is 24.8 Å². The van der Waals surface area contributed by atoms with Crippen LogP contribution in [0.1, 0.15) is 40.0 Å². The van der Waals surface area contributed by atoms with Gasteiger partial charge in [0.05, 0.1) is 0 Å². The van der Waals surface area contributed by atoms with Crippen LogP contribution in [0.25, 0.3) is 0 Å². The molecule has 0 spiro atoms. The number of nitrogens with zero attached hydrogens (tertiary/aromatic N) is 2. The van der Waals surface area contributed by atoms with Gasteiger partial charge in [-0.25, -0.2) is 13.1 Å². The Morgan fingerprint density at radius 2 is 2.05 bits per heavy atom. The van der Waals surface area contributed by atoms with Crippen molar-refractivity contribution in [3.63, 3.8) is 0 Å². The summed E-state index contributed by atoms with van der Waals surface area (Å²) in [5.74, 6) is 1.12. The fourth-order valence-electron chi connectivity index (χ4n) is 1.87. The quantitative estimate of drug-likeness (QED) is 0.718. The predicted molar refractivity (Wildman–Crippen MR) is 82.6 cm³/mol. The minimum Gasteiger partial charge on any atom is -0.383 e. The van der Waals surface area contributed by atoms with Crippen LogP contribution in [-0.4, -0.2) is 31.0 Å². The third-order valence-corrected chi connectivity index (χ3v) is 4.20. The molecule has 0 saturated carbocycles. The van der Waals surface area contributed by atoms with E-state index in [1.807, 2.05) is 0 Å². The van der Waals surface area contributed by atoms with Crippen molar-refractivity contribution in [2.24, 2.45) is 5.92 Å². The molecular formula is C13H26N4O2S. The van der Waals surface area contributed by atoms with Gasteiger partial charge in [-0.2, -0.15) is 5.10 Å². The number of aromatic nitrogens is 2. The summed E-state index contributed by atoms with van der Waals surface area (Å²) in [5.41, 5.74) is 5.96. The molecule has 1 aromatic rings. The van der Waals surface area contributed by atoms with Crippen molar-refractivity contribution in [3.05, 3.63) is 0 Å². The highest BCUT2D eigenvalue weighted by Gasteiger charge is 2.23. The Kier molecular flexibility index (Phi) is 5.86. The molecule has 20 heavy (non-hydrogen) atoms. The standard InChI is InChI=1S/C13H26N4O2S/c1-5-6-8-15-13-11(20(4,18)19)12(14)17(16-13)9-7-10(2)3/h10H,5-9,14H2,1-4H3,(H,15,16). The highest BCUT2D eigenvalue weighted by molar-refractivity contribution is 7.91. The Morgan fingerprint density at radius 3 is 2.55 bits per heavy atom. The van der Waals surface area contributed by atoms with Gasteiger partial charge in [-0.1, -0.05) is 27.2 Å². The van der Waals surface area contributed by atoms with Crippen molar-refractivity contribution in [3.8, 4) is 0 Å². The Balaban J connectivity index is 3.04. The van der Waals surface area contributed by atoms with Crippen LogP contribution in [0.2, 0.25) is 0 Å². The van der Waals surface area contributed by atoms with E-state index in [4.69, 9.17) is 5.73 Å². The Bertz CT molecular complexity index is 535. The van der Waals surface area contributed by atoms with Crippen LogP contribution in [0.3, 0.4) is 0 Å². The number of nitrogen functional groups attached to an aromatic ring is 1. The molecule has 0 aliphatic heterocycles. The zero-order valence-electron chi connectivity index (χ0n) is 12.8. The summed E-state index contributed by atoms with van der Waals surface area (Å²) in [6, 6.07) is 0. The molecule has 0 bridgehead atoms. The van der Waals surface area contributed by atoms with Crippen LogP contribution in [0.5, 0.6) is 0 Å². The summed E-state index contributed by atoms with van der Waals surface area (Å²) in [5, 5.41) is 7.40. The number of rotatable bonds is 8. The van der Waals surface area contributed by atoms with E-state index in [9.17, 15) is 8.42 Å². The summed E-state index contributed by atoms with van der Waals surface area (Å²) >= 11 is 0. The monoisotopic (exact) mass is 302 g/mol. The number of aryl methyl sites for hydroxylation is 1. The first-order chi connectivity index (χ1) is 9.27. The van der Waals surface area contributed by atoms with Crippen molar-refractivity contribution >= 4 is 21.5 Å². The summed E-state index contributed by atoms with van der Waals surface area (Å²) in [6.07, 6.45) is 4.06. The van der Waals surface area contributed by atoms with Gasteiger partial charge in [-0.15, -0.1) is 0 Å². The molecule has 0 aliphatic rings. The first-order valence-corrected chi connectivity index (χ1v) is 8.96. The van der Waals surface area contributed by atoms with Crippen LogP contribution in [0.15, 0.2) is 4.90 Å². The second kappa shape index (κ2) is 6.97. The number of anilines is 2. The minimum absolute atomic E-state index is 0.123. The van der Waals surface area contributed by atoms with Crippen LogP contribution in [-0.2, 0) is 16.4 Å². The first-order valence-electron chi connectivity index (χ1n) is 7.07. The Morgan fingerprint density at radius 1 is 1.40 bits per heavy atom. The van der Waals surface area contributed by atoms with Gasteiger partial charge in [0.1, 0.15) is 5.82 Å². The maximum Gasteiger partial charge on any atom is 0.182 e. The maximum absolute atomic E-state index is 11.9. The number of hydrogen-bond acceptors (Lipinski definition) is 5. The molecule has 1 rings (SSSR count). The number of hydrogen-bond donors (Lipinski definition) is 2. The number of nitrogens with one attached hydrogen (secondary N) is 1. The van der Waals surface area contributed by atoms with E-state index < -0.39 is 9.84 Å². The lowest BCUT2D eigenvalue weighted by Gasteiger charge is -2.06. The lowest BCUT2D eigenvalue weighted by molar-refractivity contribution is 0.491. The van der Waals surface area contributed by atoms with E-state index in [1.54, 1.807) is 4.68 Å². The van der Waals surface area contributed by atoms with Gasteiger partial charge in [0, 0.05) is 19.3 Å². The van der Waals surface area contributed by atoms with Crippen molar-refractivity contribution < 1.29 is 8.42 Å². The lowest BCUT2D eigenvalue weighted by atomic mass is 10.1. The van der Waals surface area contributed by atoms with Crippen LogP contribution < -0.4 is 11.1 Å². The molecule has 1 heterocycles. The molecule has 7 heteroatoms. The van der Waals surface area contributed by atoms with E-state index in [0.717, 1.165) is 25.5 Å². The molecule has 3 N–H and O–H groups in total. The van der Waals surface area contributed by atoms with Crippen molar-refractivity contribution in [1.82, 2.24) is 9.78 Å². The van der Waals surface area contributed by atoms with E-state index >= 15 is 0 Å². The molecule has 116 valence electrons. The summed E-state index contributed by atoms with van der Waals surface area (Å²) in [4.78, 5) is 0.123. The van der Waals surface area contributed by atoms with Crippen molar-refractivity contribution in [2.45, 2.75) is 51.5 Å². The Labute approximate surface area is 121 Å². The molecule has 0 saturated heterocycles. The second-order valence-corrected chi connectivity index (χ2v) is 7.47. The molecule has 0 unspecified atom stereocenters. The van der Waals surface area contributed by atoms with E-state index in [-0.39, 0.29) is 10.7 Å². The highest BCUT2D eigenvalue weighted by Crippen LogP contribution is 2.27. The average molecular weight is 302 g/mol. The van der Waals surface area contributed by atoms with Crippen LogP contribution in [0.4, 0.5) is 11.6 Å². The SMILES string of the molecule is CCCCNc1nn(CCC(C)C)c(N)c1S(C)(=O)=O. The molecule has 1 aromatic heterocycles. The van der Waals surface area contributed by atoms with Crippen molar-refractivity contribution in [1.29, 1.82) is 0 Å². The Hall–Kier alpha value is -1.24. The van der Waals surface area contributed by atoms with Gasteiger partial charge in [-0.05, 0) is 18.8 Å². The fourth-order valence-corrected chi connectivity index (χ4v) is 2.82. The third kappa shape index (κ3) is 4.40. The summed E-state index contributed by atoms with van der Waals surface area (Å²) in [7, 11) is -3.39. The second-order valence-electron chi connectivity index (χ2n) is 5.52. The summed E-state index contributed by atoms with van der Waals surface area (Å²) in [6.45, 7) is 7.62. The molecule has 6 nitrogen and oxygen atoms in total. The molecule has 0 atom stereocenters. The third-order valence-electron chi connectivity index (χ3n) is 3.06. The molecule has 0 aromatic carbocycles. The van der Waals surface area contributed by atoms with Gasteiger partial charge < -0.3 is 11.1 Å². The highest BCUT2D eigenvalue weighted by atomic mass is 32.2. The molecule has 0 fully saturated rings. The topological polar surface area (TPSA) is 90.0 Å². The smallest absolute Gasteiger partial charge is 0.182 e. The molecule has 0 aliphatic carbocycles. The van der Waals surface area contributed by atoms with Gasteiger partial charge in [0.25, 0.3) is 0 Å². The van der Waals surface area contributed by atoms with Crippen LogP contribution in [0, 0.1) is 5.92 Å². The van der Waals surface area contributed by atoms with Gasteiger partial charge in [-0.3, -0.25) is 0 Å². The first kappa shape index (κ1) is 16.8. The van der Waals surface area contributed by atoms with Crippen LogP contribution >= 0.6 is 0 Å². The zero-order chi connectivity index (χ0) is 15.3. The van der Waals surface area contributed by atoms with Gasteiger partial charge >= 0.3 is 0 Å². The van der Waals surface area contributed by atoms with Gasteiger partial charge in [0.2, 0.25) is 0 Å². The van der Waals surface area contributed by atoms with Gasteiger partial charge in [0.15, 0.2) is 20.6 Å². The van der Waals surface area contributed by atoms with E-state index in [2.05, 4.69) is 31.2 Å². The fraction of sp³-hybridized carbons (Fsp3) is 0.769. The molecular weight excluding hydrogens is 276 g/mol. The molecule has 0 radical (unpaired) electrons. The zero-order valence-corrected chi connectivity index (χ0v) is 13.6. The number of unbranched alkanes of at least 4 members (excludes halogenated alkanes) is 1. The minimum atomic E-state index is -3.39. The number of nitrogens with two attached hydrogens (primary N) is 1. The molecule has 0 amide bonds.